The number of hydrogen-bond acceptors (Lipinski definition) is 5. The molecule has 1 aromatic carbocycles. The van der Waals surface area contributed by atoms with Crippen molar-refractivity contribution in [1.29, 1.82) is 0 Å². The first kappa shape index (κ1) is 16.5. The van der Waals surface area contributed by atoms with Crippen molar-refractivity contribution in [2.45, 2.75) is 23.7 Å². The van der Waals surface area contributed by atoms with Gasteiger partial charge in [-0.05, 0) is 30.7 Å². The highest BCUT2D eigenvalue weighted by molar-refractivity contribution is 7.91. The van der Waals surface area contributed by atoms with Crippen LogP contribution in [0.15, 0.2) is 52.7 Å². The predicted molar refractivity (Wildman–Crippen MR) is 98.6 cm³/mol. The van der Waals surface area contributed by atoms with Crippen molar-refractivity contribution < 1.29 is 13.2 Å². The Balaban J connectivity index is 1.42. The number of para-hydroxylation sites is 1. The zero-order chi connectivity index (χ0) is 17.4. The van der Waals surface area contributed by atoms with Crippen LogP contribution in [-0.4, -0.2) is 36.9 Å². The number of sulfonamides is 1. The van der Waals surface area contributed by atoms with Crippen LogP contribution in [0, 0.1) is 0 Å². The SMILES string of the molecule is CCc1ccc(S(=O)(=O)N2CC(Oc3ccc4ccccc4n3)C2)s1. The molecule has 1 fully saturated rings. The van der Waals surface area contributed by atoms with E-state index in [0.29, 0.717) is 23.2 Å². The van der Waals surface area contributed by atoms with Gasteiger partial charge in [0.05, 0.1) is 18.6 Å². The molecule has 1 aliphatic heterocycles. The van der Waals surface area contributed by atoms with E-state index in [2.05, 4.69) is 4.98 Å². The van der Waals surface area contributed by atoms with E-state index < -0.39 is 10.0 Å². The number of aromatic nitrogens is 1. The number of pyridine rings is 1. The molecule has 1 aliphatic rings. The molecule has 0 aliphatic carbocycles. The van der Waals surface area contributed by atoms with Crippen molar-refractivity contribution in [3.8, 4) is 5.88 Å². The van der Waals surface area contributed by atoms with E-state index in [-0.39, 0.29) is 6.10 Å². The average molecular weight is 374 g/mol. The molecular weight excluding hydrogens is 356 g/mol. The molecule has 3 heterocycles. The maximum absolute atomic E-state index is 12.6. The highest BCUT2D eigenvalue weighted by Gasteiger charge is 2.39. The summed E-state index contributed by atoms with van der Waals surface area (Å²) in [6.45, 7) is 2.73. The summed E-state index contributed by atoms with van der Waals surface area (Å²) in [7, 11) is -3.40. The van der Waals surface area contributed by atoms with Crippen LogP contribution in [0.1, 0.15) is 11.8 Å². The second-order valence-corrected chi connectivity index (χ2v) is 9.31. The van der Waals surface area contributed by atoms with E-state index >= 15 is 0 Å². The van der Waals surface area contributed by atoms with E-state index in [1.807, 2.05) is 49.4 Å². The van der Waals surface area contributed by atoms with Gasteiger partial charge in [0.15, 0.2) is 0 Å². The van der Waals surface area contributed by atoms with Crippen molar-refractivity contribution in [3.63, 3.8) is 0 Å². The highest BCUT2D eigenvalue weighted by atomic mass is 32.2. The minimum Gasteiger partial charge on any atom is -0.472 e. The number of rotatable bonds is 5. The number of aryl methyl sites for hydroxylation is 1. The van der Waals surface area contributed by atoms with Gasteiger partial charge in [0.2, 0.25) is 5.88 Å². The number of ether oxygens (including phenoxy) is 1. The molecule has 25 heavy (non-hydrogen) atoms. The topological polar surface area (TPSA) is 59.5 Å². The van der Waals surface area contributed by atoms with Crippen LogP contribution in [0.25, 0.3) is 10.9 Å². The number of nitrogens with zero attached hydrogens (tertiary/aromatic N) is 2. The van der Waals surface area contributed by atoms with E-state index in [4.69, 9.17) is 4.74 Å². The lowest BCUT2D eigenvalue weighted by Crippen LogP contribution is -2.55. The van der Waals surface area contributed by atoms with Crippen molar-refractivity contribution in [3.05, 3.63) is 53.4 Å². The molecule has 0 spiro atoms. The number of fused-ring (bicyclic) bond motifs is 1. The summed E-state index contributed by atoms with van der Waals surface area (Å²) in [5.41, 5.74) is 0.870. The van der Waals surface area contributed by atoms with E-state index in [1.54, 1.807) is 6.07 Å². The lowest BCUT2D eigenvalue weighted by atomic mass is 10.2. The first-order valence-corrected chi connectivity index (χ1v) is 10.4. The molecular formula is C18H18N2O3S2. The summed E-state index contributed by atoms with van der Waals surface area (Å²) in [5, 5.41) is 1.05. The van der Waals surface area contributed by atoms with Crippen LogP contribution in [0.4, 0.5) is 0 Å². The first-order valence-electron chi connectivity index (χ1n) is 8.17. The summed E-state index contributed by atoms with van der Waals surface area (Å²) in [6, 6.07) is 15.2. The summed E-state index contributed by atoms with van der Waals surface area (Å²) in [5.74, 6) is 0.533. The molecule has 1 saturated heterocycles. The molecule has 4 rings (SSSR count). The monoisotopic (exact) mass is 374 g/mol. The van der Waals surface area contributed by atoms with E-state index in [1.165, 1.54) is 15.6 Å². The summed E-state index contributed by atoms with van der Waals surface area (Å²) in [6.07, 6.45) is 0.688. The van der Waals surface area contributed by atoms with Gasteiger partial charge in [-0.3, -0.25) is 0 Å². The fourth-order valence-corrected chi connectivity index (χ4v) is 5.72. The molecule has 3 aromatic rings. The molecule has 0 amide bonds. The van der Waals surface area contributed by atoms with E-state index in [0.717, 1.165) is 22.2 Å². The largest absolute Gasteiger partial charge is 0.472 e. The molecule has 7 heteroatoms. The van der Waals surface area contributed by atoms with Crippen molar-refractivity contribution >= 4 is 32.3 Å². The van der Waals surface area contributed by atoms with Crippen LogP contribution >= 0.6 is 11.3 Å². The third-order valence-electron chi connectivity index (χ3n) is 4.25. The zero-order valence-corrected chi connectivity index (χ0v) is 15.4. The molecule has 130 valence electrons. The van der Waals surface area contributed by atoms with Crippen molar-refractivity contribution in [1.82, 2.24) is 9.29 Å². The summed E-state index contributed by atoms with van der Waals surface area (Å²) in [4.78, 5) is 5.54. The normalized spacial score (nSPS) is 16.0. The fraction of sp³-hybridized carbons (Fsp3) is 0.278. The minimum atomic E-state index is -3.40. The Hall–Kier alpha value is -1.96. The lowest BCUT2D eigenvalue weighted by Gasteiger charge is -2.37. The first-order chi connectivity index (χ1) is 12.1. The Labute approximate surface area is 150 Å². The molecule has 0 atom stereocenters. The van der Waals surface area contributed by atoms with Gasteiger partial charge in [-0.2, -0.15) is 4.31 Å². The third kappa shape index (κ3) is 3.15. The predicted octanol–water partition coefficient (Wildman–Crippen LogP) is 3.31. The Bertz CT molecular complexity index is 1010. The Morgan fingerprint density at radius 1 is 1.16 bits per heavy atom. The molecule has 5 nitrogen and oxygen atoms in total. The fourth-order valence-electron chi connectivity index (χ4n) is 2.77. The number of hydrogen-bond donors (Lipinski definition) is 0. The maximum Gasteiger partial charge on any atom is 0.252 e. The zero-order valence-electron chi connectivity index (χ0n) is 13.8. The number of thiophene rings is 1. The van der Waals surface area contributed by atoms with Gasteiger partial charge in [-0.25, -0.2) is 13.4 Å². The Kier molecular flexibility index (Phi) is 4.23. The van der Waals surface area contributed by atoms with Gasteiger partial charge in [0.25, 0.3) is 10.0 Å². The summed E-state index contributed by atoms with van der Waals surface area (Å²) >= 11 is 1.34. The number of benzene rings is 1. The minimum absolute atomic E-state index is 0.158. The van der Waals surface area contributed by atoms with Gasteiger partial charge in [0.1, 0.15) is 10.3 Å². The highest BCUT2D eigenvalue weighted by Crippen LogP contribution is 2.29. The molecule has 0 saturated carbocycles. The van der Waals surface area contributed by atoms with Gasteiger partial charge >= 0.3 is 0 Å². The standard InChI is InChI=1S/C18H18N2O3S2/c1-2-15-8-10-18(24-15)25(21,22)20-11-14(12-20)23-17-9-7-13-5-3-4-6-16(13)19-17/h3-10,14H,2,11-12H2,1H3. The summed E-state index contributed by atoms with van der Waals surface area (Å²) < 4.78 is 32.9. The molecule has 0 bridgehead atoms. The Morgan fingerprint density at radius 2 is 1.96 bits per heavy atom. The molecule has 2 aromatic heterocycles. The van der Waals surface area contributed by atoms with Gasteiger partial charge in [-0.1, -0.05) is 25.1 Å². The van der Waals surface area contributed by atoms with Crippen LogP contribution in [0.3, 0.4) is 0 Å². The third-order valence-corrected chi connectivity index (χ3v) is 7.78. The van der Waals surface area contributed by atoms with Crippen LogP contribution in [-0.2, 0) is 16.4 Å². The molecule has 0 N–H and O–H groups in total. The second kappa shape index (κ2) is 6.40. The van der Waals surface area contributed by atoms with Crippen molar-refractivity contribution in [2.24, 2.45) is 0 Å². The quantitative estimate of drug-likeness (QED) is 0.687. The van der Waals surface area contributed by atoms with E-state index in [9.17, 15) is 8.42 Å². The van der Waals surface area contributed by atoms with Crippen LogP contribution in [0.5, 0.6) is 5.88 Å². The lowest BCUT2D eigenvalue weighted by molar-refractivity contribution is 0.0725. The Morgan fingerprint density at radius 3 is 2.72 bits per heavy atom. The smallest absolute Gasteiger partial charge is 0.252 e. The van der Waals surface area contributed by atoms with Crippen molar-refractivity contribution in [2.75, 3.05) is 13.1 Å². The molecule has 0 radical (unpaired) electrons. The van der Waals surface area contributed by atoms with Gasteiger partial charge in [-0.15, -0.1) is 11.3 Å². The van der Waals surface area contributed by atoms with Gasteiger partial charge < -0.3 is 4.74 Å². The second-order valence-electron chi connectivity index (χ2n) is 5.98. The maximum atomic E-state index is 12.6. The van der Waals surface area contributed by atoms with Gasteiger partial charge in [0, 0.05) is 16.3 Å². The average Bonchev–Trinajstić information content (AvgIpc) is 3.07. The van der Waals surface area contributed by atoms with Crippen LogP contribution < -0.4 is 4.74 Å². The van der Waals surface area contributed by atoms with Crippen LogP contribution in [0.2, 0.25) is 0 Å². The molecule has 0 unspecified atom stereocenters.